The number of rotatable bonds is 5. The third-order valence-corrected chi connectivity index (χ3v) is 3.34. The molecule has 20 heavy (non-hydrogen) atoms. The van der Waals surface area contributed by atoms with E-state index in [1.165, 1.54) is 17.2 Å². The molecule has 0 fully saturated rings. The van der Waals surface area contributed by atoms with Crippen LogP contribution in [0.15, 0.2) is 42.5 Å². The zero-order valence-electron chi connectivity index (χ0n) is 12.4. The number of benzene rings is 2. The highest BCUT2D eigenvalue weighted by Gasteiger charge is 2.01. The summed E-state index contributed by atoms with van der Waals surface area (Å²) in [5, 5.41) is 3.35. The van der Waals surface area contributed by atoms with Gasteiger partial charge in [-0.3, -0.25) is 0 Å². The van der Waals surface area contributed by atoms with E-state index in [1.807, 2.05) is 6.92 Å². The molecule has 1 N–H and O–H groups in total. The van der Waals surface area contributed by atoms with E-state index < -0.39 is 0 Å². The van der Waals surface area contributed by atoms with Gasteiger partial charge in [0.25, 0.3) is 0 Å². The summed E-state index contributed by atoms with van der Waals surface area (Å²) >= 11 is 0. The minimum Gasteiger partial charge on any atom is -0.381 e. The Balaban J connectivity index is 1.96. The molecule has 0 aliphatic rings. The maximum absolute atomic E-state index is 13.0. The molecule has 0 radical (unpaired) electrons. The van der Waals surface area contributed by atoms with Crippen molar-refractivity contribution in [2.45, 2.75) is 33.7 Å². The van der Waals surface area contributed by atoms with E-state index in [0.29, 0.717) is 5.92 Å². The molecule has 2 aromatic rings. The van der Waals surface area contributed by atoms with Gasteiger partial charge < -0.3 is 5.32 Å². The number of hydrogen-bond donors (Lipinski definition) is 1. The number of halogens is 1. The predicted molar refractivity (Wildman–Crippen MR) is 83.4 cm³/mol. The Bertz CT molecular complexity index is 558. The summed E-state index contributed by atoms with van der Waals surface area (Å²) in [6, 6.07) is 13.5. The molecular weight excluding hydrogens is 249 g/mol. The lowest BCUT2D eigenvalue weighted by Gasteiger charge is -2.10. The van der Waals surface area contributed by atoms with Crippen molar-refractivity contribution in [3.63, 3.8) is 0 Å². The van der Waals surface area contributed by atoms with Gasteiger partial charge in [0.15, 0.2) is 0 Å². The molecule has 0 heterocycles. The summed E-state index contributed by atoms with van der Waals surface area (Å²) in [6.45, 7) is 7.13. The molecule has 0 bridgehead atoms. The zero-order valence-corrected chi connectivity index (χ0v) is 12.4. The minimum absolute atomic E-state index is 0.189. The van der Waals surface area contributed by atoms with E-state index in [1.54, 1.807) is 12.1 Å². The fourth-order valence-corrected chi connectivity index (χ4v) is 2.29. The van der Waals surface area contributed by atoms with Crippen LogP contribution < -0.4 is 5.32 Å². The second kappa shape index (κ2) is 6.56. The maximum Gasteiger partial charge on any atom is 0.123 e. The average molecular weight is 271 g/mol. The highest BCUT2D eigenvalue weighted by molar-refractivity contribution is 5.50. The van der Waals surface area contributed by atoms with Crippen LogP contribution in [-0.2, 0) is 13.0 Å². The first-order valence-corrected chi connectivity index (χ1v) is 7.12. The van der Waals surface area contributed by atoms with Crippen LogP contribution in [0.5, 0.6) is 0 Å². The summed E-state index contributed by atoms with van der Waals surface area (Å²) < 4.78 is 13.0. The van der Waals surface area contributed by atoms with Gasteiger partial charge in [0.2, 0.25) is 0 Å². The number of anilines is 1. The highest BCUT2D eigenvalue weighted by atomic mass is 19.1. The van der Waals surface area contributed by atoms with Crippen LogP contribution in [0.25, 0.3) is 0 Å². The molecule has 106 valence electrons. The first-order valence-electron chi connectivity index (χ1n) is 7.12. The van der Waals surface area contributed by atoms with Gasteiger partial charge in [0, 0.05) is 12.2 Å². The van der Waals surface area contributed by atoms with Gasteiger partial charge in [0.1, 0.15) is 5.82 Å². The third-order valence-electron chi connectivity index (χ3n) is 3.34. The molecule has 0 amide bonds. The monoisotopic (exact) mass is 271 g/mol. The number of nitrogens with one attached hydrogen (secondary N) is 1. The molecular formula is C18H22FN. The Morgan fingerprint density at radius 2 is 1.65 bits per heavy atom. The molecule has 1 nitrogen and oxygen atoms in total. The fraction of sp³-hybridized carbons (Fsp3) is 0.333. The Morgan fingerprint density at radius 1 is 1.00 bits per heavy atom. The van der Waals surface area contributed by atoms with E-state index in [0.717, 1.165) is 24.2 Å². The average Bonchev–Trinajstić information content (AvgIpc) is 2.39. The van der Waals surface area contributed by atoms with Crippen molar-refractivity contribution in [3.8, 4) is 0 Å². The topological polar surface area (TPSA) is 12.0 Å². The van der Waals surface area contributed by atoms with Gasteiger partial charge in [0.05, 0.1) is 0 Å². The van der Waals surface area contributed by atoms with Crippen molar-refractivity contribution < 1.29 is 4.39 Å². The van der Waals surface area contributed by atoms with E-state index in [2.05, 4.69) is 43.4 Å². The van der Waals surface area contributed by atoms with Crippen molar-refractivity contribution in [1.82, 2.24) is 0 Å². The SMILES string of the molecule is Cc1cc(F)ccc1NCc1ccc(CC(C)C)cc1. The van der Waals surface area contributed by atoms with Crippen LogP contribution in [0.1, 0.15) is 30.5 Å². The Morgan fingerprint density at radius 3 is 2.25 bits per heavy atom. The van der Waals surface area contributed by atoms with Gasteiger partial charge in [-0.15, -0.1) is 0 Å². The standard InChI is InChI=1S/C18H22FN/c1-13(2)10-15-4-6-16(7-5-15)12-20-18-9-8-17(19)11-14(18)3/h4-9,11,13,20H,10,12H2,1-3H3. The molecule has 2 aromatic carbocycles. The summed E-state index contributed by atoms with van der Waals surface area (Å²) in [6.07, 6.45) is 1.12. The van der Waals surface area contributed by atoms with Crippen molar-refractivity contribution in [3.05, 3.63) is 65.0 Å². The van der Waals surface area contributed by atoms with Crippen LogP contribution in [0.4, 0.5) is 10.1 Å². The van der Waals surface area contributed by atoms with Gasteiger partial charge in [-0.05, 0) is 54.2 Å². The smallest absolute Gasteiger partial charge is 0.123 e. The van der Waals surface area contributed by atoms with Crippen molar-refractivity contribution >= 4 is 5.69 Å². The van der Waals surface area contributed by atoms with E-state index >= 15 is 0 Å². The van der Waals surface area contributed by atoms with Gasteiger partial charge in [-0.25, -0.2) is 4.39 Å². The maximum atomic E-state index is 13.0. The Kier molecular flexibility index (Phi) is 4.78. The minimum atomic E-state index is -0.189. The largest absolute Gasteiger partial charge is 0.381 e. The second-order valence-corrected chi connectivity index (χ2v) is 5.73. The molecule has 0 saturated carbocycles. The van der Waals surface area contributed by atoms with E-state index in [-0.39, 0.29) is 5.82 Å². The first kappa shape index (κ1) is 14.6. The van der Waals surface area contributed by atoms with Crippen LogP contribution in [0, 0.1) is 18.7 Å². The summed E-state index contributed by atoms with van der Waals surface area (Å²) in [5.74, 6) is 0.493. The molecule has 0 aliphatic carbocycles. The van der Waals surface area contributed by atoms with Crippen LogP contribution in [-0.4, -0.2) is 0 Å². The highest BCUT2D eigenvalue weighted by Crippen LogP contribution is 2.17. The molecule has 0 atom stereocenters. The Labute approximate surface area is 120 Å². The normalized spacial score (nSPS) is 10.8. The zero-order chi connectivity index (χ0) is 14.5. The summed E-state index contributed by atoms with van der Waals surface area (Å²) in [4.78, 5) is 0. The van der Waals surface area contributed by atoms with Crippen molar-refractivity contribution in [2.24, 2.45) is 5.92 Å². The Hall–Kier alpha value is -1.83. The molecule has 0 spiro atoms. The quantitative estimate of drug-likeness (QED) is 0.811. The van der Waals surface area contributed by atoms with E-state index in [9.17, 15) is 4.39 Å². The second-order valence-electron chi connectivity index (χ2n) is 5.73. The molecule has 0 aromatic heterocycles. The van der Waals surface area contributed by atoms with Gasteiger partial charge >= 0.3 is 0 Å². The molecule has 2 heteroatoms. The molecule has 0 saturated heterocycles. The van der Waals surface area contributed by atoms with Crippen LogP contribution in [0.2, 0.25) is 0 Å². The third kappa shape index (κ3) is 4.09. The summed E-state index contributed by atoms with van der Waals surface area (Å²) in [5.41, 5.74) is 4.53. The van der Waals surface area contributed by atoms with Gasteiger partial charge in [-0.2, -0.15) is 0 Å². The lowest BCUT2D eigenvalue weighted by molar-refractivity contribution is 0.627. The van der Waals surface area contributed by atoms with Crippen LogP contribution >= 0.6 is 0 Å². The number of aryl methyl sites for hydroxylation is 1. The van der Waals surface area contributed by atoms with Crippen molar-refractivity contribution in [1.29, 1.82) is 0 Å². The molecule has 2 rings (SSSR count). The summed E-state index contributed by atoms with van der Waals surface area (Å²) in [7, 11) is 0. The first-order chi connectivity index (χ1) is 9.54. The van der Waals surface area contributed by atoms with Crippen molar-refractivity contribution in [2.75, 3.05) is 5.32 Å². The lowest BCUT2D eigenvalue weighted by atomic mass is 10.0. The fourth-order valence-electron chi connectivity index (χ4n) is 2.29. The lowest BCUT2D eigenvalue weighted by Crippen LogP contribution is -2.02. The molecule has 0 aliphatic heterocycles. The van der Waals surface area contributed by atoms with Gasteiger partial charge in [-0.1, -0.05) is 38.1 Å². The number of hydrogen-bond acceptors (Lipinski definition) is 1. The van der Waals surface area contributed by atoms with Crippen LogP contribution in [0.3, 0.4) is 0 Å². The predicted octanol–water partition coefficient (Wildman–Crippen LogP) is 4.94. The van der Waals surface area contributed by atoms with E-state index in [4.69, 9.17) is 0 Å². The molecule has 0 unspecified atom stereocenters.